The molecule has 5 rings (SSSR count). The average molecular weight is 786 g/mol. The van der Waals surface area contributed by atoms with E-state index in [9.17, 15) is 34.2 Å². The molecule has 0 fully saturated rings. The Labute approximate surface area is 313 Å². The molecule has 12 heteroatoms. The first-order chi connectivity index (χ1) is 24.9. The lowest BCUT2D eigenvalue weighted by atomic mass is 9.92. The quantitative estimate of drug-likeness (QED) is 0.131. The average Bonchev–Trinajstić information content (AvgIpc) is 3.09. The molecular weight excluding hydrogens is 748 g/mol. The van der Waals surface area contributed by atoms with Crippen LogP contribution in [0.1, 0.15) is 76.9 Å². The number of carbonyl (C=O) groups is 5. The summed E-state index contributed by atoms with van der Waals surface area (Å²) in [6.07, 6.45) is 2.51. The molecule has 1 atom stereocenters. The molecule has 53 heavy (non-hydrogen) atoms. The monoisotopic (exact) mass is 784 g/mol. The summed E-state index contributed by atoms with van der Waals surface area (Å²) in [6.45, 7) is 13.2. The Kier molecular flexibility index (Phi) is 10.7. The Morgan fingerprint density at radius 3 is 1.83 bits per heavy atom. The van der Waals surface area contributed by atoms with Crippen LogP contribution in [0.5, 0.6) is 23.0 Å². The van der Waals surface area contributed by atoms with Crippen molar-refractivity contribution in [1.29, 1.82) is 0 Å². The number of phenols is 1. The lowest BCUT2D eigenvalue weighted by Crippen LogP contribution is -2.28. The Hall–Kier alpha value is -5.75. The number of carboxylic acids is 1. The number of carbonyl (C=O) groups excluding carboxylic acids is 4. The van der Waals surface area contributed by atoms with Crippen molar-refractivity contribution in [2.75, 3.05) is 7.11 Å². The van der Waals surface area contributed by atoms with Gasteiger partial charge in [0.05, 0.1) is 18.2 Å². The molecule has 4 aromatic rings. The molecule has 0 saturated carbocycles. The van der Waals surface area contributed by atoms with Crippen LogP contribution in [0.4, 0.5) is 0 Å². The SMILES string of the molecule is COC1=CC(=O)C=C(C)C1C(=O)Oc1c(C)c(C)c(C(=O)Oc2cc(C)c(C(=O)Oc3c(C)c(C)c(C(=O)O)c(C)c3C)c3ccccc23)c(O)c1Br. The number of carboxylic acid groups (broad SMARTS) is 1. The molecule has 1 aliphatic rings. The highest BCUT2D eigenvalue weighted by molar-refractivity contribution is 9.10. The number of esters is 3. The number of rotatable bonds is 8. The molecule has 11 nitrogen and oxygen atoms in total. The van der Waals surface area contributed by atoms with Crippen molar-refractivity contribution in [3.05, 3.63) is 114 Å². The maximum atomic E-state index is 13.8. The van der Waals surface area contributed by atoms with Crippen LogP contribution in [-0.2, 0) is 14.3 Å². The van der Waals surface area contributed by atoms with Crippen LogP contribution in [0.15, 0.2) is 58.3 Å². The molecule has 0 amide bonds. The highest BCUT2D eigenvalue weighted by atomic mass is 79.9. The zero-order valence-corrected chi connectivity index (χ0v) is 32.2. The van der Waals surface area contributed by atoms with Gasteiger partial charge in [-0.1, -0.05) is 24.3 Å². The summed E-state index contributed by atoms with van der Waals surface area (Å²) in [5.41, 5.74) is 3.72. The van der Waals surface area contributed by atoms with E-state index in [1.165, 1.54) is 25.3 Å². The number of aryl methyl sites for hydroxylation is 1. The number of allylic oxidation sites excluding steroid dienone is 2. The number of halogens is 1. The van der Waals surface area contributed by atoms with Gasteiger partial charge in [-0.25, -0.2) is 14.4 Å². The van der Waals surface area contributed by atoms with Crippen LogP contribution in [0.25, 0.3) is 10.8 Å². The summed E-state index contributed by atoms with van der Waals surface area (Å²) < 4.78 is 22.8. The molecule has 0 aromatic heterocycles. The third kappa shape index (κ3) is 6.82. The Morgan fingerprint density at radius 2 is 1.25 bits per heavy atom. The van der Waals surface area contributed by atoms with Crippen molar-refractivity contribution in [3.8, 4) is 23.0 Å². The fraction of sp³-hybridized carbons (Fsp3) is 0.244. The Balaban J connectivity index is 1.49. The van der Waals surface area contributed by atoms with Gasteiger partial charge in [-0.05, 0) is 128 Å². The number of fused-ring (bicyclic) bond motifs is 1. The van der Waals surface area contributed by atoms with Gasteiger partial charge in [-0.2, -0.15) is 0 Å². The second kappa shape index (κ2) is 14.7. The van der Waals surface area contributed by atoms with Gasteiger partial charge in [0.1, 0.15) is 39.0 Å². The maximum absolute atomic E-state index is 13.8. The summed E-state index contributed by atoms with van der Waals surface area (Å²) in [5, 5.41) is 21.9. The van der Waals surface area contributed by atoms with E-state index in [-0.39, 0.29) is 55.5 Å². The Morgan fingerprint density at radius 1 is 0.698 bits per heavy atom. The van der Waals surface area contributed by atoms with Crippen molar-refractivity contribution >= 4 is 56.4 Å². The summed E-state index contributed by atoms with van der Waals surface area (Å²) in [5.74, 6) is -4.80. The molecular formula is C41H37BrO11. The lowest BCUT2D eigenvalue weighted by molar-refractivity contribution is -0.137. The minimum Gasteiger partial charge on any atom is -0.506 e. The summed E-state index contributed by atoms with van der Waals surface area (Å²) in [7, 11) is 1.34. The van der Waals surface area contributed by atoms with E-state index in [1.54, 1.807) is 79.7 Å². The third-order valence-corrected chi connectivity index (χ3v) is 10.5. The number of ketones is 1. The van der Waals surface area contributed by atoms with Gasteiger partial charge in [0, 0.05) is 16.8 Å². The van der Waals surface area contributed by atoms with Crippen LogP contribution in [0, 0.1) is 54.4 Å². The highest BCUT2D eigenvalue weighted by Gasteiger charge is 2.34. The van der Waals surface area contributed by atoms with E-state index in [2.05, 4.69) is 15.9 Å². The topological polar surface area (TPSA) is 163 Å². The maximum Gasteiger partial charge on any atom is 0.347 e. The van der Waals surface area contributed by atoms with Gasteiger partial charge in [0.15, 0.2) is 11.5 Å². The van der Waals surface area contributed by atoms with Gasteiger partial charge in [0.2, 0.25) is 0 Å². The summed E-state index contributed by atoms with van der Waals surface area (Å²) in [6, 6.07) is 8.33. The second-order valence-corrected chi connectivity index (χ2v) is 13.7. The van der Waals surface area contributed by atoms with Crippen molar-refractivity contribution in [2.24, 2.45) is 5.92 Å². The molecule has 2 N–H and O–H groups in total. The predicted octanol–water partition coefficient (Wildman–Crippen LogP) is 8.18. The molecule has 4 aromatic carbocycles. The first kappa shape index (κ1) is 38.5. The minimum absolute atomic E-state index is 0.0284. The molecule has 0 saturated heterocycles. The fourth-order valence-corrected chi connectivity index (χ4v) is 7.18. The van der Waals surface area contributed by atoms with E-state index >= 15 is 0 Å². The van der Waals surface area contributed by atoms with E-state index in [1.807, 2.05) is 0 Å². The fourth-order valence-electron chi connectivity index (χ4n) is 6.60. The van der Waals surface area contributed by atoms with E-state index in [0.717, 1.165) is 0 Å². The number of aromatic hydroxyl groups is 1. The molecule has 1 unspecified atom stereocenters. The summed E-state index contributed by atoms with van der Waals surface area (Å²) in [4.78, 5) is 64.9. The minimum atomic E-state index is -1.07. The van der Waals surface area contributed by atoms with Crippen LogP contribution < -0.4 is 14.2 Å². The number of phenolic OH excluding ortho intramolecular Hbond substituents is 1. The lowest BCUT2D eigenvalue weighted by Gasteiger charge is -2.23. The number of methoxy groups -OCH3 is 1. The van der Waals surface area contributed by atoms with Gasteiger partial charge < -0.3 is 29.2 Å². The van der Waals surface area contributed by atoms with Gasteiger partial charge >= 0.3 is 23.9 Å². The standard InChI is InChI=1S/C41H37BrO11/c1-17-14-25(43)16-29(50-9)31(17)40(48)53-37-24(8)21(5)33(35(44)34(37)42)41(49)51-28-15-18(2)30(27-13-11-10-12-26(27)28)39(47)52-36-22(6)19(3)32(38(45)46)20(4)23(36)7/h10-16,31,44H,1-9H3,(H,45,46). The molecule has 0 spiro atoms. The van der Waals surface area contributed by atoms with Crippen LogP contribution >= 0.6 is 15.9 Å². The van der Waals surface area contributed by atoms with Crippen molar-refractivity contribution in [3.63, 3.8) is 0 Å². The van der Waals surface area contributed by atoms with Gasteiger partial charge in [-0.15, -0.1) is 0 Å². The van der Waals surface area contributed by atoms with Crippen molar-refractivity contribution < 1.29 is 53.1 Å². The van der Waals surface area contributed by atoms with Crippen LogP contribution in [0.3, 0.4) is 0 Å². The van der Waals surface area contributed by atoms with Crippen molar-refractivity contribution in [2.45, 2.75) is 55.4 Å². The first-order valence-corrected chi connectivity index (χ1v) is 17.2. The largest absolute Gasteiger partial charge is 0.506 e. The molecule has 0 aliphatic heterocycles. The second-order valence-electron chi connectivity index (χ2n) is 12.9. The van der Waals surface area contributed by atoms with E-state index in [4.69, 9.17) is 18.9 Å². The van der Waals surface area contributed by atoms with Crippen LogP contribution in [-0.4, -0.2) is 47.0 Å². The van der Waals surface area contributed by atoms with Gasteiger partial charge in [0.25, 0.3) is 0 Å². The number of hydrogen-bond donors (Lipinski definition) is 2. The molecule has 1 aliphatic carbocycles. The van der Waals surface area contributed by atoms with Crippen molar-refractivity contribution in [1.82, 2.24) is 0 Å². The highest BCUT2D eigenvalue weighted by Crippen LogP contribution is 2.44. The number of benzene rings is 4. The first-order valence-electron chi connectivity index (χ1n) is 16.4. The normalized spacial score (nSPS) is 14.0. The van der Waals surface area contributed by atoms with Gasteiger partial charge in [-0.3, -0.25) is 9.59 Å². The third-order valence-electron chi connectivity index (χ3n) is 9.77. The Bertz CT molecular complexity index is 2310. The molecule has 0 heterocycles. The van der Waals surface area contributed by atoms with E-state index < -0.39 is 35.5 Å². The molecule has 0 radical (unpaired) electrons. The molecule has 274 valence electrons. The zero-order chi connectivity index (χ0) is 39.2. The van der Waals surface area contributed by atoms with Crippen LogP contribution in [0.2, 0.25) is 0 Å². The number of ether oxygens (including phenoxy) is 4. The predicted molar refractivity (Wildman–Crippen MR) is 199 cm³/mol. The zero-order valence-electron chi connectivity index (χ0n) is 30.6. The molecule has 0 bridgehead atoms. The van der Waals surface area contributed by atoms with E-state index in [0.29, 0.717) is 49.7 Å². The number of aromatic carboxylic acids is 1. The summed E-state index contributed by atoms with van der Waals surface area (Å²) >= 11 is 3.28. The smallest absolute Gasteiger partial charge is 0.347 e. The number of hydrogen-bond acceptors (Lipinski definition) is 10.